The smallest absolute Gasteiger partial charge is 0.269 e. The van der Waals surface area contributed by atoms with Gasteiger partial charge in [0.25, 0.3) is 11.8 Å². The summed E-state index contributed by atoms with van der Waals surface area (Å²) in [5.41, 5.74) is 6.71. The summed E-state index contributed by atoms with van der Waals surface area (Å²) in [4.78, 5) is 28.7. The molecule has 156 valence electrons. The third kappa shape index (κ3) is 4.73. The van der Waals surface area contributed by atoms with Crippen LogP contribution >= 0.6 is 0 Å². The minimum absolute atomic E-state index is 0.0350. The minimum Gasteiger partial charge on any atom is -0.364 e. The van der Waals surface area contributed by atoms with E-state index in [4.69, 9.17) is 5.73 Å². The van der Waals surface area contributed by atoms with Crippen molar-refractivity contribution in [3.63, 3.8) is 0 Å². The number of rotatable bonds is 8. The molecule has 0 fully saturated rings. The van der Waals surface area contributed by atoms with Crippen molar-refractivity contribution < 1.29 is 18.0 Å². The van der Waals surface area contributed by atoms with E-state index >= 15 is 0 Å². The molecule has 30 heavy (non-hydrogen) atoms. The fourth-order valence-corrected chi connectivity index (χ4v) is 3.91. The van der Waals surface area contributed by atoms with E-state index in [1.54, 1.807) is 11.5 Å². The summed E-state index contributed by atoms with van der Waals surface area (Å²) < 4.78 is 27.9. The molecule has 3 aromatic rings. The van der Waals surface area contributed by atoms with Gasteiger partial charge in [0.05, 0.1) is 11.2 Å². The maximum atomic E-state index is 12.6. The Morgan fingerprint density at radius 2 is 1.73 bits per heavy atom. The highest BCUT2D eigenvalue weighted by Gasteiger charge is 2.20. The molecular weight excluding hydrogens is 406 g/mol. The number of nitrogens with one attached hydrogen (secondary N) is 2. The van der Waals surface area contributed by atoms with Crippen LogP contribution < -0.4 is 15.8 Å². The number of aromatic nitrogens is 2. The number of nitrogens with zero attached hydrogens (tertiary/aromatic N) is 2. The molecule has 0 atom stereocenters. The Labute approximate surface area is 174 Å². The molecule has 0 aliphatic heterocycles. The molecule has 1 aromatic heterocycles. The molecule has 0 saturated carbocycles. The Hall–Kier alpha value is -3.50. The Bertz CT molecular complexity index is 1160. The Morgan fingerprint density at radius 1 is 1.07 bits per heavy atom. The third-order valence-electron chi connectivity index (χ3n) is 4.26. The number of sulfonamides is 1. The number of imidazole rings is 1. The maximum absolute atomic E-state index is 12.6. The van der Waals surface area contributed by atoms with Crippen molar-refractivity contribution in [3.8, 4) is 0 Å². The molecule has 0 aliphatic rings. The number of anilines is 1. The van der Waals surface area contributed by atoms with Gasteiger partial charge in [0, 0.05) is 18.7 Å². The van der Waals surface area contributed by atoms with E-state index in [0.717, 1.165) is 5.56 Å². The van der Waals surface area contributed by atoms with Gasteiger partial charge >= 0.3 is 0 Å². The van der Waals surface area contributed by atoms with Gasteiger partial charge in [-0.1, -0.05) is 37.3 Å². The maximum Gasteiger partial charge on any atom is 0.269 e. The molecule has 2 aromatic carbocycles. The summed E-state index contributed by atoms with van der Waals surface area (Å²) in [5, 5.41) is 2.56. The Kier molecular flexibility index (Phi) is 6.28. The number of hydrogen-bond acceptors (Lipinski definition) is 5. The molecule has 10 heteroatoms. The van der Waals surface area contributed by atoms with Gasteiger partial charge in [0.15, 0.2) is 11.5 Å². The summed E-state index contributed by atoms with van der Waals surface area (Å²) in [6.07, 6.45) is 1.43. The molecule has 0 bridgehead atoms. The van der Waals surface area contributed by atoms with Crippen molar-refractivity contribution in [2.75, 3.05) is 11.9 Å². The number of hydrogen-bond donors (Lipinski definition) is 3. The molecule has 0 radical (unpaired) electrons. The molecule has 1 heterocycles. The average molecular weight is 427 g/mol. The first-order valence-electron chi connectivity index (χ1n) is 9.11. The number of carbonyl (C=O) groups is 2. The van der Waals surface area contributed by atoms with Crippen LogP contribution in [0.1, 0.15) is 33.3 Å². The van der Waals surface area contributed by atoms with Gasteiger partial charge in [-0.3, -0.25) is 9.59 Å². The Morgan fingerprint density at radius 3 is 2.33 bits per heavy atom. The summed E-state index contributed by atoms with van der Waals surface area (Å²) in [5.74, 6) is -1.24. The predicted molar refractivity (Wildman–Crippen MR) is 112 cm³/mol. The first-order chi connectivity index (χ1) is 14.3. The van der Waals surface area contributed by atoms with E-state index in [1.165, 1.54) is 30.6 Å². The summed E-state index contributed by atoms with van der Waals surface area (Å²) in [7, 11) is -3.61. The van der Waals surface area contributed by atoms with Gasteiger partial charge in [-0.25, -0.2) is 18.1 Å². The molecule has 4 N–H and O–H groups in total. The first kappa shape index (κ1) is 21.2. The highest BCUT2D eigenvalue weighted by Crippen LogP contribution is 2.17. The van der Waals surface area contributed by atoms with Gasteiger partial charge in [-0.2, -0.15) is 0 Å². The van der Waals surface area contributed by atoms with Crippen molar-refractivity contribution in [1.82, 2.24) is 14.3 Å². The van der Waals surface area contributed by atoms with Crippen LogP contribution in [0.15, 0.2) is 65.8 Å². The van der Waals surface area contributed by atoms with E-state index in [-0.39, 0.29) is 28.5 Å². The molecule has 0 aliphatic carbocycles. The number of amides is 2. The van der Waals surface area contributed by atoms with Gasteiger partial charge in [0.2, 0.25) is 10.0 Å². The lowest BCUT2D eigenvalue weighted by Gasteiger charge is -2.09. The van der Waals surface area contributed by atoms with Crippen molar-refractivity contribution in [1.29, 1.82) is 0 Å². The lowest BCUT2D eigenvalue weighted by atomic mass is 10.2. The van der Waals surface area contributed by atoms with E-state index in [2.05, 4.69) is 15.0 Å². The lowest BCUT2D eigenvalue weighted by Crippen LogP contribution is -2.23. The van der Waals surface area contributed by atoms with E-state index < -0.39 is 21.8 Å². The molecule has 2 amide bonds. The molecule has 0 unspecified atom stereocenters. The van der Waals surface area contributed by atoms with E-state index in [0.29, 0.717) is 6.54 Å². The van der Waals surface area contributed by atoms with Gasteiger partial charge in [-0.15, -0.1) is 0 Å². The van der Waals surface area contributed by atoms with Crippen LogP contribution in [0, 0.1) is 0 Å². The minimum atomic E-state index is -3.61. The largest absolute Gasteiger partial charge is 0.364 e. The fourth-order valence-electron chi connectivity index (χ4n) is 2.87. The van der Waals surface area contributed by atoms with Crippen LogP contribution in [-0.4, -0.2) is 36.3 Å². The summed E-state index contributed by atoms with van der Waals surface area (Å²) in [6, 6.07) is 14.8. The SMILES string of the molecule is CCNS(=O)(=O)c1ccc(C(=O)Nc2ncn(Cc3ccccc3)c2C(N)=O)cc1. The van der Waals surface area contributed by atoms with E-state index in [9.17, 15) is 18.0 Å². The number of carbonyl (C=O) groups excluding carboxylic acids is 2. The number of primary amides is 1. The molecule has 0 saturated heterocycles. The van der Waals surface area contributed by atoms with Crippen molar-refractivity contribution >= 4 is 27.7 Å². The normalized spacial score (nSPS) is 11.2. The quantitative estimate of drug-likeness (QED) is 0.501. The molecular formula is C20H21N5O4S. The zero-order valence-electron chi connectivity index (χ0n) is 16.2. The molecule has 0 spiro atoms. The second-order valence-electron chi connectivity index (χ2n) is 6.40. The van der Waals surface area contributed by atoms with Gasteiger partial charge in [0.1, 0.15) is 0 Å². The topological polar surface area (TPSA) is 136 Å². The number of nitrogens with two attached hydrogens (primary N) is 1. The number of benzene rings is 2. The van der Waals surface area contributed by atoms with Crippen LogP contribution in [0.5, 0.6) is 0 Å². The van der Waals surface area contributed by atoms with Crippen LogP contribution in [-0.2, 0) is 16.6 Å². The molecule has 9 nitrogen and oxygen atoms in total. The van der Waals surface area contributed by atoms with Crippen LogP contribution in [0.2, 0.25) is 0 Å². The second kappa shape index (κ2) is 8.89. The average Bonchev–Trinajstić information content (AvgIpc) is 3.11. The zero-order chi connectivity index (χ0) is 21.7. The summed E-state index contributed by atoms with van der Waals surface area (Å²) in [6.45, 7) is 2.29. The van der Waals surface area contributed by atoms with Crippen LogP contribution in [0.3, 0.4) is 0 Å². The zero-order valence-corrected chi connectivity index (χ0v) is 17.0. The fraction of sp³-hybridized carbons (Fsp3) is 0.150. The van der Waals surface area contributed by atoms with Crippen LogP contribution in [0.4, 0.5) is 5.82 Å². The third-order valence-corrected chi connectivity index (χ3v) is 5.82. The Balaban J connectivity index is 1.80. The molecule has 3 rings (SSSR count). The standard InChI is InChI=1S/C20H21N5O4S/c1-2-23-30(28,29)16-10-8-15(9-11-16)20(27)24-19-17(18(21)26)25(13-22-19)12-14-6-4-3-5-7-14/h3-11,13,23H,2,12H2,1H3,(H2,21,26)(H,24,27). The highest BCUT2D eigenvalue weighted by atomic mass is 32.2. The lowest BCUT2D eigenvalue weighted by molar-refractivity contribution is 0.0993. The van der Waals surface area contributed by atoms with Crippen molar-refractivity contribution in [3.05, 3.63) is 77.7 Å². The predicted octanol–water partition coefficient (Wildman–Crippen LogP) is 1.58. The first-order valence-corrected chi connectivity index (χ1v) is 10.6. The van der Waals surface area contributed by atoms with Gasteiger partial charge < -0.3 is 15.6 Å². The monoisotopic (exact) mass is 427 g/mol. The van der Waals surface area contributed by atoms with Crippen molar-refractivity contribution in [2.45, 2.75) is 18.4 Å². The summed E-state index contributed by atoms with van der Waals surface area (Å²) >= 11 is 0. The highest BCUT2D eigenvalue weighted by molar-refractivity contribution is 7.89. The van der Waals surface area contributed by atoms with E-state index in [1.807, 2.05) is 30.3 Å². The second-order valence-corrected chi connectivity index (χ2v) is 8.17. The van der Waals surface area contributed by atoms with Crippen LogP contribution in [0.25, 0.3) is 0 Å². The van der Waals surface area contributed by atoms with Crippen molar-refractivity contribution in [2.24, 2.45) is 5.73 Å². The van der Waals surface area contributed by atoms with Gasteiger partial charge in [-0.05, 0) is 29.8 Å².